The van der Waals surface area contributed by atoms with Gasteiger partial charge in [-0.2, -0.15) is 0 Å². The maximum absolute atomic E-state index is 12.8. The molecule has 0 N–H and O–H groups in total. The van der Waals surface area contributed by atoms with Crippen molar-refractivity contribution in [3.8, 4) is 0 Å². The molecule has 25 heavy (non-hydrogen) atoms. The number of fused-ring (bicyclic) bond motifs is 1. The fraction of sp³-hybridized carbons (Fsp3) is 0.684. The van der Waals surface area contributed by atoms with Gasteiger partial charge in [-0.05, 0) is 32.1 Å². The monoisotopic (exact) mass is 342 g/mol. The second kappa shape index (κ2) is 6.73. The minimum absolute atomic E-state index is 0.0259. The highest BCUT2D eigenvalue weighted by atomic mass is 16.2. The molecule has 0 aromatic carbocycles. The largest absolute Gasteiger partial charge is 0.338 e. The highest BCUT2D eigenvalue weighted by Gasteiger charge is 2.36. The second-order valence-electron chi connectivity index (χ2n) is 7.56. The van der Waals surface area contributed by atoms with Gasteiger partial charge in [-0.1, -0.05) is 6.42 Å². The average molecular weight is 342 g/mol. The summed E-state index contributed by atoms with van der Waals surface area (Å²) in [7, 11) is 0. The molecule has 2 amide bonds. The molecular formula is C19H26N4O2. The van der Waals surface area contributed by atoms with Crippen LogP contribution in [0.3, 0.4) is 0 Å². The van der Waals surface area contributed by atoms with E-state index >= 15 is 0 Å². The first-order valence-corrected chi connectivity index (χ1v) is 9.54. The lowest BCUT2D eigenvalue weighted by atomic mass is 9.83. The molecule has 0 bridgehead atoms. The van der Waals surface area contributed by atoms with E-state index in [1.54, 1.807) is 6.92 Å². The molecule has 1 aromatic rings. The van der Waals surface area contributed by atoms with Crippen molar-refractivity contribution in [3.05, 3.63) is 23.3 Å². The number of piperidine rings is 1. The third-order valence-corrected chi connectivity index (χ3v) is 5.94. The van der Waals surface area contributed by atoms with Gasteiger partial charge in [-0.15, -0.1) is 0 Å². The Morgan fingerprint density at radius 2 is 1.96 bits per heavy atom. The Kier molecular flexibility index (Phi) is 4.44. The fourth-order valence-corrected chi connectivity index (χ4v) is 4.11. The predicted octanol–water partition coefficient (Wildman–Crippen LogP) is 2.23. The molecule has 2 aliphatic heterocycles. The standard InChI is InChI=1S/C19H26N4O2/c1-13(24)22-10-8-16-15(12-22)11-20-18(21-16)17-7-2-3-9-23(17)19(25)14-5-4-6-14/h11,14,17H,2-10,12H2,1H3/t17-/m1/s1. The van der Waals surface area contributed by atoms with Gasteiger partial charge in [0.15, 0.2) is 5.82 Å². The van der Waals surface area contributed by atoms with E-state index < -0.39 is 0 Å². The fourth-order valence-electron chi connectivity index (χ4n) is 4.11. The number of aromatic nitrogens is 2. The van der Waals surface area contributed by atoms with Crippen molar-refractivity contribution in [2.24, 2.45) is 5.92 Å². The van der Waals surface area contributed by atoms with Gasteiger partial charge in [-0.3, -0.25) is 9.59 Å². The van der Waals surface area contributed by atoms with Gasteiger partial charge in [0.05, 0.1) is 11.7 Å². The van der Waals surface area contributed by atoms with E-state index in [4.69, 9.17) is 4.98 Å². The highest BCUT2D eigenvalue weighted by Crippen LogP contribution is 2.35. The summed E-state index contributed by atoms with van der Waals surface area (Å²) in [5.41, 5.74) is 2.09. The van der Waals surface area contributed by atoms with Crippen LogP contribution in [0.2, 0.25) is 0 Å². The normalized spacial score (nSPS) is 23.8. The van der Waals surface area contributed by atoms with Crippen LogP contribution in [0.1, 0.15) is 68.6 Å². The summed E-state index contributed by atoms with van der Waals surface area (Å²) in [6.45, 7) is 3.75. The van der Waals surface area contributed by atoms with Crippen molar-refractivity contribution in [1.29, 1.82) is 0 Å². The summed E-state index contributed by atoms with van der Waals surface area (Å²) in [6, 6.07) is 0.0259. The Balaban J connectivity index is 1.55. The van der Waals surface area contributed by atoms with Gasteiger partial charge in [0, 0.05) is 50.7 Å². The Labute approximate surface area is 148 Å². The average Bonchev–Trinajstić information content (AvgIpc) is 2.59. The summed E-state index contributed by atoms with van der Waals surface area (Å²) >= 11 is 0. The molecule has 1 atom stereocenters. The molecule has 1 aliphatic carbocycles. The van der Waals surface area contributed by atoms with Crippen LogP contribution in [0.4, 0.5) is 0 Å². The zero-order valence-electron chi connectivity index (χ0n) is 14.9. The van der Waals surface area contributed by atoms with Crippen LogP contribution in [0.5, 0.6) is 0 Å². The van der Waals surface area contributed by atoms with E-state index in [-0.39, 0.29) is 17.9 Å². The topological polar surface area (TPSA) is 66.4 Å². The van der Waals surface area contributed by atoms with E-state index in [9.17, 15) is 9.59 Å². The minimum atomic E-state index is 0.0259. The SMILES string of the molecule is CC(=O)N1CCc2nc([C@H]3CCCCN3C(=O)C3CCC3)ncc2C1. The molecule has 0 radical (unpaired) electrons. The Bertz CT molecular complexity index is 686. The zero-order chi connectivity index (χ0) is 17.4. The van der Waals surface area contributed by atoms with Crippen LogP contribution < -0.4 is 0 Å². The van der Waals surface area contributed by atoms with Gasteiger partial charge in [0.1, 0.15) is 0 Å². The number of nitrogens with zero attached hydrogens (tertiary/aromatic N) is 4. The van der Waals surface area contributed by atoms with E-state index in [1.165, 1.54) is 6.42 Å². The molecule has 3 heterocycles. The highest BCUT2D eigenvalue weighted by molar-refractivity contribution is 5.80. The Morgan fingerprint density at radius 3 is 2.68 bits per heavy atom. The Hall–Kier alpha value is -1.98. The molecule has 1 saturated carbocycles. The van der Waals surface area contributed by atoms with Crippen LogP contribution in [-0.2, 0) is 22.6 Å². The van der Waals surface area contributed by atoms with Gasteiger partial charge < -0.3 is 9.80 Å². The first-order valence-electron chi connectivity index (χ1n) is 9.54. The van der Waals surface area contributed by atoms with Crippen LogP contribution >= 0.6 is 0 Å². The van der Waals surface area contributed by atoms with Gasteiger partial charge in [0.2, 0.25) is 11.8 Å². The molecule has 4 rings (SSSR count). The number of hydrogen-bond donors (Lipinski definition) is 0. The molecular weight excluding hydrogens is 316 g/mol. The maximum atomic E-state index is 12.8. The van der Waals surface area contributed by atoms with Gasteiger partial charge >= 0.3 is 0 Å². The zero-order valence-corrected chi connectivity index (χ0v) is 14.9. The van der Waals surface area contributed by atoms with Crippen molar-refractivity contribution in [2.75, 3.05) is 13.1 Å². The molecule has 6 nitrogen and oxygen atoms in total. The lowest BCUT2D eigenvalue weighted by molar-refractivity contribution is -0.142. The summed E-state index contributed by atoms with van der Waals surface area (Å²) in [6.07, 6.45) is 9.04. The number of amides is 2. The number of hydrogen-bond acceptors (Lipinski definition) is 4. The number of likely N-dealkylation sites (tertiary alicyclic amines) is 1. The third kappa shape index (κ3) is 3.14. The van der Waals surface area contributed by atoms with Crippen molar-refractivity contribution in [3.63, 3.8) is 0 Å². The van der Waals surface area contributed by atoms with E-state index in [0.717, 1.165) is 62.2 Å². The smallest absolute Gasteiger partial charge is 0.226 e. The van der Waals surface area contributed by atoms with Crippen molar-refractivity contribution >= 4 is 11.8 Å². The molecule has 6 heteroatoms. The summed E-state index contributed by atoms with van der Waals surface area (Å²) in [5, 5.41) is 0. The first kappa shape index (κ1) is 16.5. The van der Waals surface area contributed by atoms with E-state index in [1.807, 2.05) is 16.0 Å². The molecule has 0 spiro atoms. The van der Waals surface area contributed by atoms with Crippen LogP contribution in [0.25, 0.3) is 0 Å². The van der Waals surface area contributed by atoms with Gasteiger partial charge in [-0.25, -0.2) is 9.97 Å². The number of carbonyl (C=O) groups is 2. The first-order chi connectivity index (χ1) is 12.1. The van der Waals surface area contributed by atoms with Crippen molar-refractivity contribution in [2.45, 2.75) is 64.5 Å². The predicted molar refractivity (Wildman–Crippen MR) is 92.5 cm³/mol. The number of carbonyl (C=O) groups excluding carboxylic acids is 2. The lowest BCUT2D eigenvalue weighted by Gasteiger charge is -2.39. The third-order valence-electron chi connectivity index (χ3n) is 5.94. The van der Waals surface area contributed by atoms with Crippen LogP contribution in [-0.4, -0.2) is 44.7 Å². The molecule has 1 aromatic heterocycles. The molecule has 3 aliphatic rings. The second-order valence-corrected chi connectivity index (χ2v) is 7.56. The Morgan fingerprint density at radius 1 is 1.12 bits per heavy atom. The minimum Gasteiger partial charge on any atom is -0.338 e. The van der Waals surface area contributed by atoms with Crippen LogP contribution in [0, 0.1) is 5.92 Å². The summed E-state index contributed by atoms with van der Waals surface area (Å²) in [4.78, 5) is 37.7. The molecule has 134 valence electrons. The molecule has 1 saturated heterocycles. The molecule has 0 unspecified atom stereocenters. The number of rotatable bonds is 2. The quantitative estimate of drug-likeness (QED) is 0.827. The van der Waals surface area contributed by atoms with Crippen LogP contribution in [0.15, 0.2) is 6.20 Å². The molecule has 2 fully saturated rings. The summed E-state index contributed by atoms with van der Waals surface area (Å²) in [5.74, 6) is 1.42. The van der Waals surface area contributed by atoms with Crippen molar-refractivity contribution < 1.29 is 9.59 Å². The van der Waals surface area contributed by atoms with E-state index in [0.29, 0.717) is 19.0 Å². The lowest BCUT2D eigenvalue weighted by Crippen LogP contribution is -2.44. The van der Waals surface area contributed by atoms with Gasteiger partial charge in [0.25, 0.3) is 0 Å². The van der Waals surface area contributed by atoms with E-state index in [2.05, 4.69) is 4.98 Å². The summed E-state index contributed by atoms with van der Waals surface area (Å²) < 4.78 is 0. The maximum Gasteiger partial charge on any atom is 0.226 e. The van der Waals surface area contributed by atoms with Crippen molar-refractivity contribution in [1.82, 2.24) is 19.8 Å².